The monoisotopic (exact) mass is 784 g/mol. The Bertz CT molecular complexity index is 779. The Hall–Kier alpha value is -1.22. The molecule has 0 saturated heterocycles. The van der Waals surface area contributed by atoms with Gasteiger partial charge in [-0.05, 0) is 70.9 Å². The largest absolute Gasteiger partial charge is 0.466 e. The molecule has 0 aliphatic rings. The van der Waals surface area contributed by atoms with Gasteiger partial charge in [-0.2, -0.15) is 0 Å². The minimum atomic E-state index is -0.325. The summed E-state index contributed by atoms with van der Waals surface area (Å²) < 4.78 is 23.5. The number of aliphatic hydroxyl groups is 1. The van der Waals surface area contributed by atoms with Crippen LogP contribution in [0, 0.1) is 0 Å². The van der Waals surface area contributed by atoms with Crippen LogP contribution in [-0.2, 0) is 28.5 Å². The minimum absolute atomic E-state index is 0.0258. The quantitative estimate of drug-likeness (QED) is 0.0371. The van der Waals surface area contributed by atoms with Gasteiger partial charge in [0.2, 0.25) is 0 Å². The first kappa shape index (κ1) is 53.8. The van der Waals surface area contributed by atoms with Gasteiger partial charge >= 0.3 is 11.9 Å². The Balaban J connectivity index is 4.05. The van der Waals surface area contributed by atoms with Crippen LogP contribution in [0.15, 0.2) is 0 Å². The summed E-state index contributed by atoms with van der Waals surface area (Å²) in [4.78, 5) is 27.2. The molecule has 1 atom stereocenters. The molecule has 0 aliphatic carbocycles. The third-order valence-corrected chi connectivity index (χ3v) is 10.7. The molecule has 55 heavy (non-hydrogen) atoms. The maximum Gasteiger partial charge on any atom is 0.306 e. The predicted octanol–water partition coefficient (Wildman–Crippen LogP) is 12.7. The first-order valence-electron chi connectivity index (χ1n) is 23.9. The van der Waals surface area contributed by atoms with Gasteiger partial charge in [-0.3, -0.25) is 9.59 Å². The second-order valence-electron chi connectivity index (χ2n) is 16.0. The van der Waals surface area contributed by atoms with E-state index in [1.54, 1.807) is 0 Å². The second kappa shape index (κ2) is 43.9. The maximum absolute atomic E-state index is 12.5. The zero-order valence-electron chi connectivity index (χ0n) is 37.1. The summed E-state index contributed by atoms with van der Waals surface area (Å²) in [6.45, 7) is 13.6. The van der Waals surface area contributed by atoms with Crippen LogP contribution in [0.1, 0.15) is 233 Å². The highest BCUT2D eigenvalue weighted by molar-refractivity contribution is 5.69. The molecule has 0 aromatic carbocycles. The molecule has 0 rings (SSSR count). The molecule has 8 nitrogen and oxygen atoms in total. The Morgan fingerprint density at radius 1 is 0.473 bits per heavy atom. The van der Waals surface area contributed by atoms with Crippen LogP contribution in [-0.4, -0.2) is 80.4 Å². The van der Waals surface area contributed by atoms with Crippen LogP contribution < -0.4 is 0 Å². The lowest BCUT2D eigenvalue weighted by Gasteiger charge is -2.21. The third-order valence-electron chi connectivity index (χ3n) is 10.7. The van der Waals surface area contributed by atoms with Crippen LogP contribution in [0.25, 0.3) is 0 Å². The van der Waals surface area contributed by atoms with Crippen molar-refractivity contribution in [3.05, 3.63) is 0 Å². The number of aliphatic hydroxyl groups excluding tert-OH is 1. The number of carbonyl (C=O) groups is 2. The van der Waals surface area contributed by atoms with Gasteiger partial charge in [0, 0.05) is 32.6 Å². The molecule has 0 aromatic rings. The molecule has 1 unspecified atom stereocenters. The Kier molecular flexibility index (Phi) is 42.9. The Morgan fingerprint density at radius 3 is 1.44 bits per heavy atom. The Morgan fingerprint density at radius 2 is 0.927 bits per heavy atom. The normalized spacial score (nSPS) is 12.2. The van der Waals surface area contributed by atoms with E-state index in [1.165, 1.54) is 96.3 Å². The molecule has 0 amide bonds. The fourth-order valence-electron chi connectivity index (χ4n) is 7.05. The highest BCUT2D eigenvalue weighted by Crippen LogP contribution is 2.16. The number of hydrogen-bond acceptors (Lipinski definition) is 8. The molecule has 0 saturated carbocycles. The third kappa shape index (κ3) is 39.4. The van der Waals surface area contributed by atoms with Crippen LogP contribution in [0.5, 0.6) is 0 Å². The average molecular weight is 784 g/mol. The molecular weight excluding hydrogens is 691 g/mol. The van der Waals surface area contributed by atoms with Gasteiger partial charge < -0.3 is 29.0 Å². The van der Waals surface area contributed by atoms with Gasteiger partial charge in [0.05, 0.1) is 19.6 Å². The number of nitrogens with zero attached hydrogens (tertiary/aromatic N) is 1. The zero-order chi connectivity index (χ0) is 40.3. The van der Waals surface area contributed by atoms with E-state index in [2.05, 4.69) is 32.6 Å². The molecule has 8 heteroatoms. The molecule has 0 bridgehead atoms. The van der Waals surface area contributed by atoms with Crippen LogP contribution in [0.4, 0.5) is 0 Å². The first-order chi connectivity index (χ1) is 27.0. The van der Waals surface area contributed by atoms with Crippen molar-refractivity contribution in [3.8, 4) is 0 Å². The summed E-state index contributed by atoms with van der Waals surface area (Å²) in [5.41, 5.74) is 0. The van der Waals surface area contributed by atoms with Crippen molar-refractivity contribution in [1.82, 2.24) is 4.90 Å². The highest BCUT2D eigenvalue weighted by Gasteiger charge is 2.14. The van der Waals surface area contributed by atoms with Gasteiger partial charge in [-0.15, -0.1) is 0 Å². The van der Waals surface area contributed by atoms with Gasteiger partial charge in [0.1, 0.15) is 6.10 Å². The van der Waals surface area contributed by atoms with Crippen molar-refractivity contribution >= 4 is 11.9 Å². The van der Waals surface area contributed by atoms with E-state index >= 15 is 0 Å². The molecule has 0 fully saturated rings. The number of unbranched alkanes of at least 4 members (excludes halogenated alkanes) is 22. The van der Waals surface area contributed by atoms with Crippen LogP contribution in [0.3, 0.4) is 0 Å². The van der Waals surface area contributed by atoms with Crippen molar-refractivity contribution < 1.29 is 33.6 Å². The van der Waals surface area contributed by atoms with Crippen molar-refractivity contribution in [2.45, 2.75) is 246 Å². The van der Waals surface area contributed by atoms with Crippen molar-refractivity contribution in [2.24, 2.45) is 0 Å². The number of rotatable bonds is 45. The fraction of sp³-hybridized carbons (Fsp3) is 0.957. The smallest absolute Gasteiger partial charge is 0.306 e. The first-order valence-corrected chi connectivity index (χ1v) is 23.9. The van der Waals surface area contributed by atoms with Crippen molar-refractivity contribution in [3.63, 3.8) is 0 Å². The second-order valence-corrected chi connectivity index (χ2v) is 16.0. The topological polar surface area (TPSA) is 94.5 Å². The summed E-state index contributed by atoms with van der Waals surface area (Å²) in [6.07, 6.45) is 34.9. The number of hydrogen-bond donors (Lipinski definition) is 1. The van der Waals surface area contributed by atoms with E-state index < -0.39 is 0 Å². The summed E-state index contributed by atoms with van der Waals surface area (Å²) in [7, 11) is 0. The number of ether oxygens (including phenoxy) is 4. The molecule has 0 spiro atoms. The molecule has 328 valence electrons. The van der Waals surface area contributed by atoms with Gasteiger partial charge in [0.25, 0.3) is 0 Å². The lowest BCUT2D eigenvalue weighted by Crippen LogP contribution is -2.29. The highest BCUT2D eigenvalue weighted by atomic mass is 16.7. The maximum atomic E-state index is 12.5. The lowest BCUT2D eigenvalue weighted by molar-refractivity contribution is -0.159. The van der Waals surface area contributed by atoms with Crippen LogP contribution >= 0.6 is 0 Å². The molecule has 0 heterocycles. The number of carbonyl (C=O) groups excluding carboxylic acids is 2. The lowest BCUT2D eigenvalue weighted by atomic mass is 10.1. The fourth-order valence-corrected chi connectivity index (χ4v) is 7.05. The Labute approximate surface area is 341 Å². The minimum Gasteiger partial charge on any atom is -0.466 e. The van der Waals surface area contributed by atoms with Gasteiger partial charge in [0.15, 0.2) is 6.29 Å². The summed E-state index contributed by atoms with van der Waals surface area (Å²) in [5.74, 6) is -0.184. The molecule has 1 N–H and O–H groups in total. The van der Waals surface area contributed by atoms with E-state index in [9.17, 15) is 14.7 Å². The molecular formula is C47H93NO7. The summed E-state index contributed by atoms with van der Waals surface area (Å²) in [6, 6.07) is 0. The zero-order valence-corrected chi connectivity index (χ0v) is 37.1. The molecule has 0 radical (unpaired) electrons. The van der Waals surface area contributed by atoms with E-state index in [-0.39, 0.29) is 30.9 Å². The van der Waals surface area contributed by atoms with Gasteiger partial charge in [-0.1, -0.05) is 156 Å². The average Bonchev–Trinajstić information content (AvgIpc) is 3.18. The van der Waals surface area contributed by atoms with Crippen molar-refractivity contribution in [2.75, 3.05) is 46.1 Å². The van der Waals surface area contributed by atoms with E-state index in [4.69, 9.17) is 18.9 Å². The van der Waals surface area contributed by atoms with Gasteiger partial charge in [-0.25, -0.2) is 0 Å². The van der Waals surface area contributed by atoms with E-state index in [0.29, 0.717) is 45.6 Å². The summed E-state index contributed by atoms with van der Waals surface area (Å²) in [5, 5.41) is 9.57. The van der Waals surface area contributed by atoms with Crippen LogP contribution in [0.2, 0.25) is 0 Å². The van der Waals surface area contributed by atoms with Crippen molar-refractivity contribution in [1.29, 1.82) is 0 Å². The SMILES string of the molecule is CCCCCCCCOC(CCC(=O)OCCCCCCN(CCO)CCCCCCCC(=O)OC(CC)CCCCCCCC)OCCCCCCCC. The van der Waals surface area contributed by atoms with E-state index in [1.807, 2.05) is 0 Å². The predicted molar refractivity (Wildman–Crippen MR) is 230 cm³/mol. The molecule has 0 aromatic heterocycles. The number of esters is 2. The standard InChI is InChI=1S/C47H93NO7/c1-5-9-12-15-19-26-33-44(8-4)55-46(51)34-27-20-18-21-28-37-48(39-40-49)38-29-22-25-30-41-52-45(50)35-36-47(53-42-31-23-16-13-10-6-2)54-43-32-24-17-14-11-7-3/h44,47,49H,5-43H2,1-4H3. The summed E-state index contributed by atoms with van der Waals surface area (Å²) >= 11 is 0. The molecule has 0 aliphatic heterocycles. The van der Waals surface area contributed by atoms with E-state index in [0.717, 1.165) is 103 Å².